The van der Waals surface area contributed by atoms with Crippen LogP contribution < -0.4 is 37.5 Å². The largest absolute Gasteiger partial charge is 0.492 e. The third-order valence-corrected chi connectivity index (χ3v) is 13.8. The summed E-state index contributed by atoms with van der Waals surface area (Å²) in [6.45, 7) is 8.25. The molecule has 5 atom stereocenters. The van der Waals surface area contributed by atoms with Crippen molar-refractivity contribution in [3.05, 3.63) is 112 Å². The number of piperidine rings is 1. The van der Waals surface area contributed by atoms with E-state index < -0.39 is 41.7 Å². The first-order valence-corrected chi connectivity index (χ1v) is 23.6. The monoisotopic (exact) mass is 932 g/mol. The zero-order valence-electron chi connectivity index (χ0n) is 37.8. The van der Waals surface area contributed by atoms with Crippen LogP contribution in [0.3, 0.4) is 0 Å². The van der Waals surface area contributed by atoms with Gasteiger partial charge in [0.15, 0.2) is 0 Å². The van der Waals surface area contributed by atoms with Crippen LogP contribution in [0, 0.1) is 25.0 Å². The number of nitrogens with one attached hydrogen (secondary N) is 2. The minimum Gasteiger partial charge on any atom is -0.492 e. The molecule has 2 bridgehead atoms. The van der Waals surface area contributed by atoms with E-state index in [1.807, 2.05) is 36.1 Å². The molecule has 2 aromatic rings. The lowest BCUT2D eigenvalue weighted by Crippen LogP contribution is -2.54. The van der Waals surface area contributed by atoms with Crippen LogP contribution in [0.2, 0.25) is 0 Å². The van der Waals surface area contributed by atoms with Crippen LogP contribution >= 0.6 is 12.6 Å². The van der Waals surface area contributed by atoms with Crippen molar-refractivity contribution >= 4 is 53.5 Å². The van der Waals surface area contributed by atoms with E-state index in [1.165, 1.54) is 0 Å². The number of nitrogens with zero attached hydrogens (tertiary/aromatic N) is 5. The van der Waals surface area contributed by atoms with E-state index >= 15 is 0 Å². The molecular weight excluding hydrogens is 873 g/mol. The van der Waals surface area contributed by atoms with Gasteiger partial charge in [0.1, 0.15) is 24.2 Å². The van der Waals surface area contributed by atoms with E-state index in [4.69, 9.17) is 26.7 Å². The van der Waals surface area contributed by atoms with Crippen LogP contribution in [-0.2, 0) is 28.7 Å². The maximum Gasteiger partial charge on any atom is 0.258 e. The van der Waals surface area contributed by atoms with Crippen LogP contribution in [-0.4, -0.2) is 139 Å². The van der Waals surface area contributed by atoms with Crippen LogP contribution in [0.4, 0.5) is 5.69 Å². The maximum atomic E-state index is 13.5. The van der Waals surface area contributed by atoms with E-state index in [-0.39, 0.29) is 48.8 Å². The number of likely N-dealkylation sites (tertiary alicyclic amines) is 2. The van der Waals surface area contributed by atoms with Gasteiger partial charge in [0.05, 0.1) is 24.3 Å². The molecule has 354 valence electrons. The van der Waals surface area contributed by atoms with E-state index in [0.717, 1.165) is 78.7 Å². The number of ether oxygens (including phenoxy) is 2. The van der Waals surface area contributed by atoms with Gasteiger partial charge in [-0.05, 0) is 73.9 Å². The number of hydrogen-bond donors (Lipinski definition) is 6. The first-order chi connectivity index (χ1) is 32.4. The van der Waals surface area contributed by atoms with Crippen molar-refractivity contribution in [3.8, 4) is 5.75 Å². The number of allylic oxidation sites excluding steroid dienone is 3. The number of rotatable bonds is 17. The van der Waals surface area contributed by atoms with Crippen molar-refractivity contribution in [1.82, 2.24) is 30.2 Å². The Morgan fingerprint density at radius 2 is 1.76 bits per heavy atom. The lowest BCUT2D eigenvalue weighted by molar-refractivity contribution is -0.151. The van der Waals surface area contributed by atoms with Gasteiger partial charge in [-0.2, -0.15) is 0 Å². The normalized spacial score (nSPS) is 24.3. The summed E-state index contributed by atoms with van der Waals surface area (Å²) >= 11 is 4.33. The fourth-order valence-corrected chi connectivity index (χ4v) is 10.2. The Hall–Kier alpha value is -6.42. The van der Waals surface area contributed by atoms with E-state index in [0.29, 0.717) is 50.5 Å². The summed E-state index contributed by atoms with van der Waals surface area (Å²) in [5.41, 5.74) is 24.3. The molecule has 5 aliphatic heterocycles. The van der Waals surface area contributed by atoms with Crippen molar-refractivity contribution < 1.29 is 33.4 Å². The Kier molecular flexibility index (Phi) is 14.8. The Morgan fingerprint density at radius 1 is 1.00 bits per heavy atom. The summed E-state index contributed by atoms with van der Waals surface area (Å²) in [7, 11) is 0. The predicted octanol–water partition coefficient (Wildman–Crippen LogP) is 1.67. The van der Waals surface area contributed by atoms with Gasteiger partial charge in [0, 0.05) is 112 Å². The van der Waals surface area contributed by atoms with E-state index in [2.05, 4.69) is 68.3 Å². The number of amides is 5. The Morgan fingerprint density at radius 3 is 2.48 bits per heavy atom. The minimum absolute atomic E-state index is 0.0486. The zero-order chi connectivity index (χ0) is 47.2. The van der Waals surface area contributed by atoms with Crippen molar-refractivity contribution in [2.45, 2.75) is 69.7 Å². The SMILES string of the molecule is Cc1cc#ccc1/C(N)=C/C(=C(N)N)N1CC2CCC(C1)N2c1cccc(OCCN2CCN(C(=O)CCCN/C(=C\S)COC3C=CC=C4C(=O)N(C5CCC(=O)NC5=O)C(=O)C43)CC2)c1. The molecule has 17 nitrogen and oxygen atoms in total. The summed E-state index contributed by atoms with van der Waals surface area (Å²) < 4.78 is 12.4. The Balaban J connectivity index is 0.728. The van der Waals surface area contributed by atoms with Gasteiger partial charge in [0.2, 0.25) is 23.6 Å². The Labute approximate surface area is 397 Å². The third kappa shape index (κ3) is 10.6. The smallest absolute Gasteiger partial charge is 0.258 e. The molecule has 8 rings (SSSR count). The standard InChI is InChI=1S/C49H60N10O7S/c1-31-7-2-3-10-37(31)39(50)26-41(46(51)52)57-27-34-14-15-35(28-57)58(34)33-8-4-9-36(25-33)65-24-23-55-19-21-56(22-20-55)44(61)13-6-18-53-32(30-67)29-66-42-12-5-11-38-45(42)49(64)59(48(38)63)40-16-17-43(60)54-47(40)62/h4-5,7-12,25-26,30,34-35,40,42,45,53,67H,6,13-24,27-29,50-52H2,1H3,(H,54,60,62)/b32-30-,39-26-. The summed E-state index contributed by atoms with van der Waals surface area (Å²) in [6, 6.07) is 17.5. The molecule has 5 saturated heterocycles. The lowest BCUT2D eigenvalue weighted by Gasteiger charge is -2.44. The number of fused-ring (bicyclic) bond motifs is 3. The molecule has 0 aromatic heterocycles. The second kappa shape index (κ2) is 21.0. The fourth-order valence-electron chi connectivity index (χ4n) is 9.99. The molecule has 2 aromatic carbocycles. The molecule has 0 spiro atoms. The van der Waals surface area contributed by atoms with Crippen LogP contribution in [0.5, 0.6) is 5.75 Å². The number of thiol groups is 1. The summed E-state index contributed by atoms with van der Waals surface area (Å²) in [6.07, 6.45) is 9.33. The number of hydrogen-bond acceptors (Lipinski definition) is 15. The first-order valence-electron chi connectivity index (χ1n) is 23.1. The highest BCUT2D eigenvalue weighted by Gasteiger charge is 2.52. The second-order valence-corrected chi connectivity index (χ2v) is 18.1. The van der Waals surface area contributed by atoms with Crippen molar-refractivity contribution in [3.63, 3.8) is 0 Å². The van der Waals surface area contributed by atoms with Gasteiger partial charge in [-0.15, -0.1) is 12.6 Å². The number of anilines is 1. The second-order valence-electron chi connectivity index (χ2n) is 17.8. The van der Waals surface area contributed by atoms with Gasteiger partial charge < -0.3 is 46.7 Å². The quantitative estimate of drug-likeness (QED) is 0.0576. The summed E-state index contributed by atoms with van der Waals surface area (Å²) in [4.78, 5) is 73.9. The van der Waals surface area contributed by atoms with Gasteiger partial charge in [-0.25, -0.2) is 0 Å². The van der Waals surface area contributed by atoms with Gasteiger partial charge in [-0.3, -0.25) is 39.1 Å². The number of nitrogens with two attached hydrogens (primary N) is 3. The number of benzene rings is 1. The molecule has 1 aliphatic carbocycles. The molecule has 8 N–H and O–H groups in total. The fraction of sp³-hybridized carbons (Fsp3) is 0.449. The number of carbonyl (C=O) groups is 5. The number of imide groups is 2. The van der Waals surface area contributed by atoms with Gasteiger partial charge in [-0.1, -0.05) is 36.4 Å². The molecule has 18 heteroatoms. The molecule has 5 amide bonds. The lowest BCUT2D eigenvalue weighted by atomic mass is 9.91. The average molecular weight is 933 g/mol. The van der Waals surface area contributed by atoms with E-state index in [9.17, 15) is 24.0 Å². The van der Waals surface area contributed by atoms with Crippen molar-refractivity contribution in [2.24, 2.45) is 23.1 Å². The van der Waals surface area contributed by atoms with Crippen molar-refractivity contribution in [2.75, 3.05) is 70.5 Å². The number of carbonyl (C=O) groups excluding carboxylic acids is 5. The summed E-state index contributed by atoms with van der Waals surface area (Å²) in [5, 5.41) is 7.06. The first kappa shape index (κ1) is 47.1. The molecule has 5 unspecified atom stereocenters. The van der Waals surface area contributed by atoms with Gasteiger partial charge >= 0.3 is 0 Å². The van der Waals surface area contributed by atoms with Crippen LogP contribution in [0.15, 0.2) is 88.9 Å². The molecule has 6 aliphatic rings. The van der Waals surface area contributed by atoms with Crippen molar-refractivity contribution in [1.29, 1.82) is 0 Å². The zero-order valence-corrected chi connectivity index (χ0v) is 38.7. The van der Waals surface area contributed by atoms with Gasteiger partial charge in [0.25, 0.3) is 5.91 Å². The maximum absolute atomic E-state index is 13.5. The van der Waals surface area contributed by atoms with Crippen LogP contribution in [0.1, 0.15) is 49.7 Å². The highest BCUT2D eigenvalue weighted by Crippen LogP contribution is 2.38. The topological polar surface area (TPSA) is 222 Å². The Bertz CT molecular complexity index is 2370. The molecule has 0 radical (unpaired) electrons. The minimum atomic E-state index is -1.04. The summed E-state index contributed by atoms with van der Waals surface area (Å²) in [5.74, 6) is -1.87. The number of aryl methyl sites for hydroxylation is 1. The molecule has 5 fully saturated rings. The third-order valence-electron chi connectivity index (χ3n) is 13.5. The highest BCUT2D eigenvalue weighted by molar-refractivity contribution is 7.83. The highest BCUT2D eigenvalue weighted by atomic mass is 32.1. The molecule has 67 heavy (non-hydrogen) atoms. The molecular formula is C49H60N10O7S. The van der Waals surface area contributed by atoms with Crippen LogP contribution in [0.25, 0.3) is 5.70 Å². The van der Waals surface area contributed by atoms with E-state index in [1.54, 1.807) is 23.6 Å². The number of piperazine rings is 2. The molecule has 5 heterocycles. The molecule has 0 saturated carbocycles. The average Bonchev–Trinajstić information content (AvgIpc) is 3.74. The predicted molar refractivity (Wildman–Crippen MR) is 255 cm³/mol.